The summed E-state index contributed by atoms with van der Waals surface area (Å²) in [5.74, 6) is 1.56. The predicted molar refractivity (Wildman–Crippen MR) is 70.3 cm³/mol. The van der Waals surface area contributed by atoms with E-state index in [2.05, 4.69) is 25.5 Å². The fraction of sp³-hybridized carbons (Fsp3) is 0.583. The molecule has 0 spiro atoms. The van der Waals surface area contributed by atoms with E-state index in [9.17, 15) is 4.79 Å². The second kappa shape index (κ2) is 4.06. The number of anilines is 1. The van der Waals surface area contributed by atoms with Crippen molar-refractivity contribution in [3.05, 3.63) is 22.6 Å². The largest absolute Gasteiger partial charge is 0.364 e. The van der Waals surface area contributed by atoms with Crippen LogP contribution in [0.15, 0.2) is 16.9 Å². The van der Waals surface area contributed by atoms with Crippen LogP contribution in [-0.2, 0) is 0 Å². The fourth-order valence-corrected chi connectivity index (χ4v) is 3.20. The molecule has 4 rings (SSSR count). The monoisotopic (exact) mass is 260 g/mol. The number of rotatable bonds is 1. The molecule has 0 aliphatic carbocycles. The Morgan fingerprint density at radius 1 is 1.32 bits per heavy atom. The van der Waals surface area contributed by atoms with E-state index in [1.165, 1.54) is 17.4 Å². The summed E-state index contributed by atoms with van der Waals surface area (Å²) in [6.45, 7) is 3.10. The zero-order chi connectivity index (χ0) is 12.8. The van der Waals surface area contributed by atoms with Gasteiger partial charge < -0.3 is 10.2 Å². The Labute approximate surface area is 109 Å². The summed E-state index contributed by atoms with van der Waals surface area (Å²) in [6, 6.07) is 4.33. The number of aromatic amines is 1. The van der Waals surface area contributed by atoms with Crippen LogP contribution in [-0.4, -0.2) is 45.5 Å². The molecule has 2 atom stereocenters. The average Bonchev–Trinajstić information content (AvgIpc) is 3.02. The SMILES string of the molecule is O=c1[nH]nc2ccc(N3C[C@@H]4CCCN[C@@H]4C3)nn12. The number of H-pyrrole nitrogens is 1. The molecule has 7 nitrogen and oxygen atoms in total. The first-order valence-electron chi connectivity index (χ1n) is 6.74. The number of hydrogen-bond donors (Lipinski definition) is 2. The van der Waals surface area contributed by atoms with E-state index in [1.54, 1.807) is 0 Å². The Balaban J connectivity index is 1.67. The van der Waals surface area contributed by atoms with Crippen LogP contribution in [0.2, 0.25) is 0 Å². The van der Waals surface area contributed by atoms with Crippen molar-refractivity contribution in [2.24, 2.45) is 5.92 Å². The van der Waals surface area contributed by atoms with Crippen molar-refractivity contribution in [1.29, 1.82) is 0 Å². The maximum atomic E-state index is 11.5. The Hall–Kier alpha value is -1.89. The first-order valence-corrected chi connectivity index (χ1v) is 6.74. The van der Waals surface area contributed by atoms with Crippen molar-refractivity contribution in [1.82, 2.24) is 25.1 Å². The van der Waals surface area contributed by atoms with E-state index in [-0.39, 0.29) is 5.69 Å². The Bertz CT molecular complexity index is 648. The summed E-state index contributed by atoms with van der Waals surface area (Å²) in [5, 5.41) is 14.2. The predicted octanol–water partition coefficient (Wildman–Crippen LogP) is -0.394. The summed E-state index contributed by atoms with van der Waals surface area (Å²) in [5.41, 5.74) is 0.273. The van der Waals surface area contributed by atoms with Crippen molar-refractivity contribution in [2.45, 2.75) is 18.9 Å². The van der Waals surface area contributed by atoms with Gasteiger partial charge in [0.05, 0.1) is 0 Å². The topological polar surface area (TPSA) is 78.3 Å². The lowest BCUT2D eigenvalue weighted by molar-refractivity contribution is 0.340. The molecule has 0 amide bonds. The molecule has 0 unspecified atom stereocenters. The van der Waals surface area contributed by atoms with Gasteiger partial charge in [0.2, 0.25) is 0 Å². The minimum Gasteiger partial charge on any atom is -0.353 e. The number of hydrogen-bond acceptors (Lipinski definition) is 5. The van der Waals surface area contributed by atoms with Crippen LogP contribution in [0.3, 0.4) is 0 Å². The van der Waals surface area contributed by atoms with E-state index in [0.717, 1.165) is 25.5 Å². The fourth-order valence-electron chi connectivity index (χ4n) is 3.20. The van der Waals surface area contributed by atoms with E-state index >= 15 is 0 Å². The van der Waals surface area contributed by atoms with Gasteiger partial charge in [-0.1, -0.05) is 0 Å². The third-order valence-electron chi connectivity index (χ3n) is 4.18. The van der Waals surface area contributed by atoms with Gasteiger partial charge in [-0.05, 0) is 37.4 Å². The maximum absolute atomic E-state index is 11.5. The molecule has 0 aromatic carbocycles. The molecule has 4 heterocycles. The molecule has 7 heteroatoms. The molecular formula is C12H16N6O. The van der Waals surface area contributed by atoms with Gasteiger partial charge in [-0.2, -0.15) is 9.61 Å². The van der Waals surface area contributed by atoms with Crippen LogP contribution >= 0.6 is 0 Å². The van der Waals surface area contributed by atoms with Crippen molar-refractivity contribution in [3.8, 4) is 0 Å². The van der Waals surface area contributed by atoms with Crippen LogP contribution in [0.5, 0.6) is 0 Å². The number of nitrogens with zero attached hydrogens (tertiary/aromatic N) is 4. The van der Waals surface area contributed by atoms with Crippen LogP contribution in [0.25, 0.3) is 5.65 Å². The molecule has 0 radical (unpaired) electrons. The molecule has 100 valence electrons. The number of piperidine rings is 1. The molecule has 19 heavy (non-hydrogen) atoms. The summed E-state index contributed by atoms with van der Waals surface area (Å²) >= 11 is 0. The molecule has 0 saturated carbocycles. The highest BCUT2D eigenvalue weighted by molar-refractivity contribution is 5.46. The molecule has 2 aromatic rings. The first kappa shape index (κ1) is 11.0. The van der Waals surface area contributed by atoms with Gasteiger partial charge in [-0.3, -0.25) is 0 Å². The molecule has 0 bridgehead atoms. The highest BCUT2D eigenvalue weighted by Crippen LogP contribution is 2.27. The standard InChI is InChI=1S/C12H16N6O/c19-12-15-14-10-3-4-11(16-18(10)12)17-6-8-2-1-5-13-9(8)7-17/h3-4,8-9,13H,1-2,5-7H2,(H,15,19)/t8-,9+/m0/s1. The molecule has 2 saturated heterocycles. The van der Waals surface area contributed by atoms with Gasteiger partial charge in [0.15, 0.2) is 5.65 Å². The van der Waals surface area contributed by atoms with Crippen molar-refractivity contribution < 1.29 is 0 Å². The quantitative estimate of drug-likeness (QED) is 0.730. The third kappa shape index (κ3) is 1.73. The zero-order valence-corrected chi connectivity index (χ0v) is 10.5. The van der Waals surface area contributed by atoms with Gasteiger partial charge in [-0.25, -0.2) is 9.89 Å². The maximum Gasteiger partial charge on any atom is 0.364 e. The van der Waals surface area contributed by atoms with Gasteiger partial charge in [0.25, 0.3) is 0 Å². The summed E-state index contributed by atoms with van der Waals surface area (Å²) < 4.78 is 1.32. The number of nitrogens with one attached hydrogen (secondary N) is 2. The second-order valence-electron chi connectivity index (χ2n) is 5.36. The minimum absolute atomic E-state index is 0.286. The van der Waals surface area contributed by atoms with Crippen LogP contribution < -0.4 is 15.9 Å². The van der Waals surface area contributed by atoms with E-state index < -0.39 is 0 Å². The lowest BCUT2D eigenvalue weighted by Gasteiger charge is -2.24. The molecule has 2 aliphatic rings. The van der Waals surface area contributed by atoms with E-state index in [0.29, 0.717) is 17.6 Å². The molecule has 2 aromatic heterocycles. The van der Waals surface area contributed by atoms with Gasteiger partial charge in [0.1, 0.15) is 5.82 Å². The Morgan fingerprint density at radius 3 is 3.16 bits per heavy atom. The second-order valence-corrected chi connectivity index (χ2v) is 5.36. The summed E-state index contributed by atoms with van der Waals surface area (Å²) in [6.07, 6.45) is 2.53. The smallest absolute Gasteiger partial charge is 0.353 e. The van der Waals surface area contributed by atoms with Gasteiger partial charge >= 0.3 is 5.69 Å². The molecule has 2 N–H and O–H groups in total. The van der Waals surface area contributed by atoms with Crippen molar-refractivity contribution >= 4 is 11.5 Å². The Kier molecular flexibility index (Phi) is 2.34. The van der Waals surface area contributed by atoms with Crippen LogP contribution in [0.4, 0.5) is 5.82 Å². The van der Waals surface area contributed by atoms with Crippen molar-refractivity contribution in [2.75, 3.05) is 24.5 Å². The van der Waals surface area contributed by atoms with E-state index in [1.807, 2.05) is 12.1 Å². The molecule has 2 aliphatic heterocycles. The molecule has 2 fully saturated rings. The van der Waals surface area contributed by atoms with Crippen LogP contribution in [0.1, 0.15) is 12.8 Å². The summed E-state index contributed by atoms with van der Waals surface area (Å²) in [7, 11) is 0. The Morgan fingerprint density at radius 2 is 2.26 bits per heavy atom. The van der Waals surface area contributed by atoms with Crippen LogP contribution in [0, 0.1) is 5.92 Å². The van der Waals surface area contributed by atoms with E-state index in [4.69, 9.17) is 0 Å². The highest BCUT2D eigenvalue weighted by Gasteiger charge is 2.34. The normalized spacial score (nSPS) is 26.8. The van der Waals surface area contributed by atoms with Gasteiger partial charge in [0, 0.05) is 19.1 Å². The number of aromatic nitrogens is 4. The average molecular weight is 260 g/mol. The van der Waals surface area contributed by atoms with Crippen molar-refractivity contribution in [3.63, 3.8) is 0 Å². The van der Waals surface area contributed by atoms with Gasteiger partial charge in [-0.15, -0.1) is 5.10 Å². The lowest BCUT2D eigenvalue weighted by Crippen LogP contribution is -2.40. The third-order valence-corrected chi connectivity index (χ3v) is 4.18. The zero-order valence-electron chi connectivity index (χ0n) is 10.5. The highest BCUT2D eigenvalue weighted by atomic mass is 16.2. The summed E-state index contributed by atoms with van der Waals surface area (Å²) in [4.78, 5) is 13.8. The number of fused-ring (bicyclic) bond motifs is 2. The minimum atomic E-state index is -0.286. The lowest BCUT2D eigenvalue weighted by atomic mass is 9.94. The first-order chi connectivity index (χ1) is 9.31. The molecular weight excluding hydrogens is 244 g/mol.